The fraction of sp³-hybridized carbons (Fsp3) is 0.231. The summed E-state index contributed by atoms with van der Waals surface area (Å²) in [5.74, 6) is 0.234. The molecule has 4 aromatic heterocycles. The molecule has 0 aliphatic rings. The largest absolute Gasteiger partial charge is 0.310 e. The third-order valence-electron chi connectivity index (χ3n) is 5.88. The molecule has 0 radical (unpaired) electrons. The second kappa shape index (κ2) is 11.1. The number of fused-ring (bicyclic) bond motifs is 2. The second-order valence-electron chi connectivity index (χ2n) is 8.45. The highest BCUT2D eigenvalue weighted by Gasteiger charge is 2.19. The maximum absolute atomic E-state index is 13.3. The predicted octanol–water partition coefficient (Wildman–Crippen LogP) is 4.71. The van der Waals surface area contributed by atoms with Crippen LogP contribution in [0, 0.1) is 5.41 Å². The number of carbonyl (C=O) groups is 1. The summed E-state index contributed by atoms with van der Waals surface area (Å²) >= 11 is 2.81. The van der Waals surface area contributed by atoms with Gasteiger partial charge in [0.05, 0.1) is 10.9 Å². The van der Waals surface area contributed by atoms with Gasteiger partial charge in [-0.15, -0.1) is 10.2 Å². The standard InChI is InChI=1S/C26H25N7O2S2/c1-2-3-8-14-33-21(27)18(15-19-22(33)28-20-12-7-9-13-32(20)24(19)35)23(34)29-25-30-31-26(37-25)36-16-17-10-5-4-6-11-17/h4-7,9-13,15,27H,2-3,8,14,16H2,1H3,(H,29,30,34). The molecule has 0 saturated carbocycles. The normalized spacial score (nSPS) is 11.3. The molecule has 4 heterocycles. The fourth-order valence-electron chi connectivity index (χ4n) is 4.00. The quantitative estimate of drug-likeness (QED) is 0.123. The number of aryl methyl sites for hydroxylation is 1. The van der Waals surface area contributed by atoms with Crippen molar-refractivity contribution in [2.75, 3.05) is 5.32 Å². The Bertz CT molecular complexity index is 1690. The van der Waals surface area contributed by atoms with Gasteiger partial charge in [-0.3, -0.25) is 24.7 Å². The number of benzene rings is 1. The minimum atomic E-state index is -0.510. The minimum Gasteiger partial charge on any atom is -0.310 e. The van der Waals surface area contributed by atoms with Crippen molar-refractivity contribution in [2.24, 2.45) is 0 Å². The Labute approximate surface area is 220 Å². The number of hydrogen-bond donors (Lipinski definition) is 2. The average Bonchev–Trinajstić information content (AvgIpc) is 3.36. The van der Waals surface area contributed by atoms with Gasteiger partial charge in [0.1, 0.15) is 16.8 Å². The number of pyridine rings is 2. The molecule has 0 aliphatic heterocycles. The SMILES string of the molecule is CCCCCn1c(=N)c(C(=O)Nc2nnc(SCc3ccccc3)s2)cc2c(=O)n3ccccc3nc21. The molecule has 188 valence electrons. The van der Waals surface area contributed by atoms with E-state index in [-0.39, 0.29) is 22.0 Å². The zero-order valence-electron chi connectivity index (χ0n) is 20.2. The van der Waals surface area contributed by atoms with Crippen LogP contribution in [0.5, 0.6) is 0 Å². The van der Waals surface area contributed by atoms with E-state index in [1.807, 2.05) is 36.4 Å². The maximum atomic E-state index is 13.3. The monoisotopic (exact) mass is 531 g/mol. The van der Waals surface area contributed by atoms with E-state index in [0.29, 0.717) is 23.0 Å². The summed E-state index contributed by atoms with van der Waals surface area (Å²) in [5, 5.41) is 20.5. The lowest BCUT2D eigenvalue weighted by molar-refractivity contribution is 0.102. The molecular formula is C26H25N7O2S2. The first-order chi connectivity index (χ1) is 18.0. The summed E-state index contributed by atoms with van der Waals surface area (Å²) in [7, 11) is 0. The number of thioether (sulfide) groups is 1. The van der Waals surface area contributed by atoms with Crippen molar-refractivity contribution in [1.82, 2.24) is 24.1 Å². The number of anilines is 1. The average molecular weight is 532 g/mol. The highest BCUT2D eigenvalue weighted by Crippen LogP contribution is 2.28. The third kappa shape index (κ3) is 5.32. The molecule has 0 saturated heterocycles. The molecule has 1 aromatic carbocycles. The van der Waals surface area contributed by atoms with E-state index in [9.17, 15) is 9.59 Å². The maximum Gasteiger partial charge on any atom is 0.267 e. The Morgan fingerprint density at radius 1 is 1.11 bits per heavy atom. The fourth-order valence-corrected chi connectivity index (χ4v) is 5.70. The Morgan fingerprint density at radius 3 is 2.73 bits per heavy atom. The van der Waals surface area contributed by atoms with Crippen LogP contribution in [0.25, 0.3) is 16.7 Å². The first kappa shape index (κ1) is 24.8. The lowest BCUT2D eigenvalue weighted by Gasteiger charge is -2.14. The third-order valence-corrected chi connectivity index (χ3v) is 7.92. The first-order valence-electron chi connectivity index (χ1n) is 12.0. The molecule has 1 amide bonds. The van der Waals surface area contributed by atoms with Gasteiger partial charge in [-0.25, -0.2) is 4.98 Å². The van der Waals surface area contributed by atoms with Crippen LogP contribution in [-0.4, -0.2) is 30.1 Å². The van der Waals surface area contributed by atoms with Crippen LogP contribution < -0.4 is 16.4 Å². The van der Waals surface area contributed by atoms with Crippen molar-refractivity contribution in [3.05, 3.63) is 87.8 Å². The topological polar surface area (TPSA) is 118 Å². The van der Waals surface area contributed by atoms with E-state index in [1.54, 1.807) is 22.9 Å². The van der Waals surface area contributed by atoms with Crippen LogP contribution >= 0.6 is 23.1 Å². The van der Waals surface area contributed by atoms with Gasteiger partial charge < -0.3 is 4.57 Å². The van der Waals surface area contributed by atoms with Crippen LogP contribution in [0.15, 0.2) is 69.9 Å². The molecule has 9 nitrogen and oxygen atoms in total. The molecule has 5 rings (SSSR count). The molecule has 0 atom stereocenters. The molecule has 2 N–H and O–H groups in total. The van der Waals surface area contributed by atoms with Crippen molar-refractivity contribution in [3.63, 3.8) is 0 Å². The molecule has 0 aliphatic carbocycles. The number of carbonyl (C=O) groups excluding carboxylic acids is 1. The molecule has 37 heavy (non-hydrogen) atoms. The smallest absolute Gasteiger partial charge is 0.267 e. The van der Waals surface area contributed by atoms with Gasteiger partial charge in [0.2, 0.25) is 5.13 Å². The molecule has 0 unspecified atom stereocenters. The number of nitrogens with zero attached hydrogens (tertiary/aromatic N) is 5. The summed E-state index contributed by atoms with van der Waals surface area (Å²) in [6.45, 7) is 2.58. The van der Waals surface area contributed by atoms with Crippen LogP contribution in [-0.2, 0) is 12.3 Å². The van der Waals surface area contributed by atoms with Crippen LogP contribution in [0.1, 0.15) is 42.1 Å². The minimum absolute atomic E-state index is 0.0106. The van der Waals surface area contributed by atoms with Gasteiger partial charge in [-0.2, -0.15) is 0 Å². The number of hydrogen-bond acceptors (Lipinski definition) is 8. The van der Waals surface area contributed by atoms with Crippen LogP contribution in [0.4, 0.5) is 5.13 Å². The molecule has 0 fully saturated rings. The van der Waals surface area contributed by atoms with Gasteiger partial charge in [-0.1, -0.05) is 79.3 Å². The molecule has 11 heteroatoms. The summed E-state index contributed by atoms with van der Waals surface area (Å²) < 4.78 is 3.84. The van der Waals surface area contributed by atoms with Crippen molar-refractivity contribution in [3.8, 4) is 0 Å². The molecule has 0 spiro atoms. The highest BCUT2D eigenvalue weighted by molar-refractivity contribution is 8.00. The predicted molar refractivity (Wildman–Crippen MR) is 146 cm³/mol. The summed E-state index contributed by atoms with van der Waals surface area (Å²) in [6, 6.07) is 16.8. The number of unbranched alkanes of at least 4 members (excludes halogenated alkanes) is 2. The van der Waals surface area contributed by atoms with Gasteiger partial charge in [-0.05, 0) is 30.2 Å². The van der Waals surface area contributed by atoms with E-state index in [2.05, 4.69) is 27.4 Å². The number of rotatable bonds is 9. The zero-order chi connectivity index (χ0) is 25.8. The van der Waals surface area contributed by atoms with Gasteiger partial charge in [0, 0.05) is 18.5 Å². The zero-order valence-corrected chi connectivity index (χ0v) is 21.8. The summed E-state index contributed by atoms with van der Waals surface area (Å²) in [6.07, 6.45) is 4.43. The van der Waals surface area contributed by atoms with E-state index >= 15 is 0 Å². The summed E-state index contributed by atoms with van der Waals surface area (Å²) in [4.78, 5) is 31.2. The van der Waals surface area contributed by atoms with Crippen LogP contribution in [0.2, 0.25) is 0 Å². The highest BCUT2D eigenvalue weighted by atomic mass is 32.2. The van der Waals surface area contributed by atoms with Crippen molar-refractivity contribution in [2.45, 2.75) is 42.8 Å². The Hall–Kier alpha value is -3.83. The molecule has 0 bridgehead atoms. The van der Waals surface area contributed by atoms with Crippen molar-refractivity contribution in [1.29, 1.82) is 5.41 Å². The number of amides is 1. The van der Waals surface area contributed by atoms with E-state index in [1.165, 1.54) is 39.1 Å². The Kier molecular flexibility index (Phi) is 7.42. The molecule has 5 aromatic rings. The van der Waals surface area contributed by atoms with Gasteiger partial charge in [0.15, 0.2) is 4.34 Å². The number of nitrogens with one attached hydrogen (secondary N) is 2. The van der Waals surface area contributed by atoms with Crippen molar-refractivity contribution < 1.29 is 4.79 Å². The lowest BCUT2D eigenvalue weighted by atomic mass is 10.2. The lowest BCUT2D eigenvalue weighted by Crippen LogP contribution is -2.32. The van der Waals surface area contributed by atoms with E-state index in [4.69, 9.17) is 5.41 Å². The van der Waals surface area contributed by atoms with Gasteiger partial charge in [0.25, 0.3) is 11.5 Å². The molecular weight excluding hydrogens is 506 g/mol. The van der Waals surface area contributed by atoms with E-state index in [0.717, 1.165) is 29.4 Å². The van der Waals surface area contributed by atoms with Crippen molar-refractivity contribution >= 4 is 50.8 Å². The first-order valence-corrected chi connectivity index (χ1v) is 13.8. The van der Waals surface area contributed by atoms with Crippen LogP contribution in [0.3, 0.4) is 0 Å². The Morgan fingerprint density at radius 2 is 1.92 bits per heavy atom. The van der Waals surface area contributed by atoms with E-state index < -0.39 is 5.91 Å². The summed E-state index contributed by atoms with van der Waals surface area (Å²) in [5.41, 5.74) is 1.89. The number of aromatic nitrogens is 5. The second-order valence-corrected chi connectivity index (χ2v) is 10.6. The van der Waals surface area contributed by atoms with Gasteiger partial charge >= 0.3 is 0 Å². The Balaban J connectivity index is 1.47.